The van der Waals surface area contributed by atoms with Crippen LogP contribution in [0.4, 0.5) is 3.89 Å². The summed E-state index contributed by atoms with van der Waals surface area (Å²) in [4.78, 5) is 2.36. The van der Waals surface area contributed by atoms with Crippen molar-refractivity contribution in [2.45, 2.75) is 12.8 Å². The van der Waals surface area contributed by atoms with Crippen LogP contribution in [0.5, 0.6) is 0 Å². The normalized spacial score (nSPS) is 18.6. The summed E-state index contributed by atoms with van der Waals surface area (Å²) in [6.45, 7) is 2.64. The van der Waals surface area contributed by atoms with Crippen molar-refractivity contribution in [1.29, 1.82) is 0 Å². The number of hydrogen-bond acceptors (Lipinski definition) is 3. The second kappa shape index (κ2) is 5.45. The molecule has 1 fully saturated rings. The Kier molecular flexibility index (Phi) is 5.36. The van der Waals surface area contributed by atoms with Crippen molar-refractivity contribution in [3.63, 3.8) is 0 Å². The molecular weight excluding hydrogens is 183 g/mol. The molecule has 0 saturated carbocycles. The van der Waals surface area contributed by atoms with Crippen molar-refractivity contribution in [3.05, 3.63) is 0 Å². The fourth-order valence-electron chi connectivity index (χ4n) is 0.875. The summed E-state index contributed by atoms with van der Waals surface area (Å²) in [5.74, 6) is 0. The lowest BCUT2D eigenvalue weighted by molar-refractivity contribution is 0.418. The van der Waals surface area contributed by atoms with Crippen LogP contribution in [0, 0.1) is 0 Å². The van der Waals surface area contributed by atoms with Gasteiger partial charge in [-0.1, -0.05) is 3.89 Å². The lowest BCUT2D eigenvalue weighted by Gasteiger charge is -2.01. The lowest BCUT2D eigenvalue weighted by Crippen LogP contribution is -2.11. The molecule has 0 aromatic heterocycles. The van der Waals surface area contributed by atoms with E-state index in [0.717, 1.165) is 7.05 Å². The largest absolute Gasteiger partial charge is 0.371 e. The molecule has 1 aliphatic rings. The Morgan fingerprint density at radius 1 is 1.33 bits per heavy atom. The minimum atomic E-state index is -4.41. The topological polar surface area (TPSA) is 49.4 Å². The minimum absolute atomic E-state index is 0.995. The summed E-state index contributed by atoms with van der Waals surface area (Å²) < 4.78 is 30.8. The van der Waals surface area contributed by atoms with Gasteiger partial charge in [0.05, 0.1) is 0 Å². The van der Waals surface area contributed by atoms with Gasteiger partial charge in [-0.2, -0.15) is 13.1 Å². The number of rotatable bonds is 1. The van der Waals surface area contributed by atoms with Gasteiger partial charge < -0.3 is 4.90 Å². The van der Waals surface area contributed by atoms with Gasteiger partial charge in [-0.3, -0.25) is 0 Å². The molecule has 1 N–H and O–H groups in total. The monoisotopic (exact) mass is 198 g/mol. The van der Waals surface area contributed by atoms with E-state index in [1.807, 2.05) is 0 Å². The molecule has 0 amide bonds. The molecule has 0 aromatic rings. The Hall–Kier alpha value is -0.200. The van der Waals surface area contributed by atoms with Crippen LogP contribution in [-0.4, -0.2) is 40.5 Å². The third-order valence-electron chi connectivity index (χ3n) is 1.57. The Morgan fingerprint density at radius 3 is 1.75 bits per heavy atom. The molecule has 0 unspecified atom stereocenters. The molecule has 1 aliphatic heterocycles. The van der Waals surface area contributed by atoms with Crippen molar-refractivity contribution in [2.24, 2.45) is 0 Å². The van der Waals surface area contributed by atoms with E-state index in [1.165, 1.54) is 30.7 Å². The highest BCUT2D eigenvalue weighted by atomic mass is 32.3. The Labute approximate surface area is 73.1 Å². The van der Waals surface area contributed by atoms with Gasteiger partial charge in [0, 0.05) is 7.05 Å². The second-order valence-electron chi connectivity index (χ2n) is 2.65. The van der Waals surface area contributed by atoms with E-state index < -0.39 is 10.4 Å². The van der Waals surface area contributed by atoms with Crippen LogP contribution >= 0.6 is 0 Å². The molecular formula is C6H15FN2O2S. The molecule has 0 aromatic carbocycles. The Bertz CT molecular complexity index is 200. The predicted molar refractivity (Wildman–Crippen MR) is 45.8 cm³/mol. The molecule has 0 radical (unpaired) electrons. The first-order chi connectivity index (χ1) is 5.45. The third kappa shape index (κ3) is 7.90. The van der Waals surface area contributed by atoms with Gasteiger partial charge in [-0.15, -0.1) is 0 Å². The van der Waals surface area contributed by atoms with E-state index in [1.54, 1.807) is 0 Å². The van der Waals surface area contributed by atoms with E-state index >= 15 is 0 Å². The number of halogens is 1. The molecule has 1 heterocycles. The first kappa shape index (κ1) is 11.8. The van der Waals surface area contributed by atoms with E-state index in [4.69, 9.17) is 0 Å². The maximum atomic E-state index is 11.0. The van der Waals surface area contributed by atoms with Gasteiger partial charge in [0.15, 0.2) is 0 Å². The summed E-state index contributed by atoms with van der Waals surface area (Å²) in [5.41, 5.74) is 0. The molecule has 4 nitrogen and oxygen atoms in total. The third-order valence-corrected chi connectivity index (χ3v) is 2.06. The number of likely N-dealkylation sites (tertiary alicyclic amines) is 1. The molecule has 0 bridgehead atoms. The van der Waals surface area contributed by atoms with Crippen LogP contribution in [0.2, 0.25) is 0 Å². The van der Waals surface area contributed by atoms with Gasteiger partial charge in [-0.25, -0.2) is 0 Å². The second-order valence-corrected chi connectivity index (χ2v) is 3.94. The van der Waals surface area contributed by atoms with Crippen LogP contribution in [-0.2, 0) is 10.4 Å². The highest BCUT2D eigenvalue weighted by Gasteiger charge is 2.03. The zero-order valence-corrected chi connectivity index (χ0v) is 8.19. The van der Waals surface area contributed by atoms with Crippen molar-refractivity contribution in [2.75, 3.05) is 27.2 Å². The summed E-state index contributed by atoms with van der Waals surface area (Å²) in [6.07, 6.45) is 2.83. The number of nitrogens with one attached hydrogen (secondary N) is 1. The van der Waals surface area contributed by atoms with Gasteiger partial charge in [0.1, 0.15) is 0 Å². The smallest absolute Gasteiger partial charge is 0.306 e. The SMILES string of the molecule is CN1CCCC1.CNS(=O)(=O)F. The van der Waals surface area contributed by atoms with E-state index in [-0.39, 0.29) is 0 Å². The Morgan fingerprint density at radius 2 is 1.67 bits per heavy atom. The quantitative estimate of drug-likeness (QED) is 0.609. The molecule has 12 heavy (non-hydrogen) atoms. The van der Waals surface area contributed by atoms with E-state index in [2.05, 4.69) is 11.9 Å². The average molecular weight is 198 g/mol. The van der Waals surface area contributed by atoms with Crippen molar-refractivity contribution >= 4 is 10.4 Å². The summed E-state index contributed by atoms with van der Waals surface area (Å²) in [6, 6.07) is 0. The Balaban J connectivity index is 0.000000202. The predicted octanol–water partition coefficient (Wildman–Crippen LogP) is 0.132. The van der Waals surface area contributed by atoms with Crippen molar-refractivity contribution in [3.8, 4) is 0 Å². The zero-order valence-electron chi connectivity index (χ0n) is 7.38. The van der Waals surface area contributed by atoms with E-state index in [0.29, 0.717) is 0 Å². The van der Waals surface area contributed by atoms with Crippen LogP contribution in [0.1, 0.15) is 12.8 Å². The van der Waals surface area contributed by atoms with E-state index in [9.17, 15) is 12.3 Å². The summed E-state index contributed by atoms with van der Waals surface area (Å²) in [7, 11) is -1.24. The van der Waals surface area contributed by atoms with Gasteiger partial charge in [-0.05, 0) is 33.0 Å². The molecule has 1 saturated heterocycles. The number of hydrogen-bond donors (Lipinski definition) is 1. The fourth-order valence-corrected chi connectivity index (χ4v) is 0.875. The summed E-state index contributed by atoms with van der Waals surface area (Å²) >= 11 is 0. The fraction of sp³-hybridized carbons (Fsp3) is 1.00. The molecule has 6 heteroatoms. The maximum absolute atomic E-state index is 11.0. The summed E-state index contributed by atoms with van der Waals surface area (Å²) in [5, 5.41) is 0. The molecule has 74 valence electrons. The zero-order chi connectivity index (χ0) is 9.61. The lowest BCUT2D eigenvalue weighted by atomic mass is 10.4. The van der Waals surface area contributed by atoms with Gasteiger partial charge in [0.25, 0.3) is 0 Å². The maximum Gasteiger partial charge on any atom is 0.371 e. The van der Waals surface area contributed by atoms with Crippen LogP contribution in [0.25, 0.3) is 0 Å². The first-order valence-electron chi connectivity index (χ1n) is 3.77. The first-order valence-corrected chi connectivity index (χ1v) is 5.15. The molecule has 0 spiro atoms. The number of nitrogens with zero attached hydrogens (tertiary/aromatic N) is 1. The molecule has 0 atom stereocenters. The van der Waals surface area contributed by atoms with Gasteiger partial charge >= 0.3 is 10.4 Å². The molecule has 1 rings (SSSR count). The minimum Gasteiger partial charge on any atom is -0.306 e. The van der Waals surface area contributed by atoms with Crippen LogP contribution < -0.4 is 4.72 Å². The van der Waals surface area contributed by atoms with Crippen LogP contribution in [0.3, 0.4) is 0 Å². The molecule has 0 aliphatic carbocycles. The van der Waals surface area contributed by atoms with Crippen LogP contribution in [0.15, 0.2) is 0 Å². The van der Waals surface area contributed by atoms with Gasteiger partial charge in [0.2, 0.25) is 0 Å². The van der Waals surface area contributed by atoms with Crippen molar-refractivity contribution < 1.29 is 12.3 Å². The highest BCUT2D eigenvalue weighted by Crippen LogP contribution is 2.02. The van der Waals surface area contributed by atoms with Crippen molar-refractivity contribution in [1.82, 2.24) is 9.62 Å². The highest BCUT2D eigenvalue weighted by molar-refractivity contribution is 7.84. The standard InChI is InChI=1S/C5H11N.CH4FNO2S/c1-6-4-2-3-5-6;1-3-6(2,4)5/h2-5H2,1H3;3H,1H3. The average Bonchev–Trinajstić information content (AvgIpc) is 2.39.